The van der Waals surface area contributed by atoms with Gasteiger partial charge in [-0.1, -0.05) is 18.2 Å². The summed E-state index contributed by atoms with van der Waals surface area (Å²) in [5.74, 6) is 0.844. The van der Waals surface area contributed by atoms with Crippen LogP contribution in [0, 0.1) is 0 Å². The Labute approximate surface area is 101 Å². The topological polar surface area (TPSA) is 48.1 Å². The van der Waals surface area contributed by atoms with E-state index in [1.165, 1.54) is 0 Å². The highest BCUT2D eigenvalue weighted by Gasteiger charge is 2.10. The molecule has 1 aromatic heterocycles. The largest absolute Gasteiger partial charge is 0.494 e. The van der Waals surface area contributed by atoms with Crippen LogP contribution in [0.5, 0.6) is 5.75 Å². The molecule has 2 rings (SSSR count). The highest BCUT2D eigenvalue weighted by atomic mass is 16.5. The fourth-order valence-electron chi connectivity index (χ4n) is 1.70. The molecular formula is C14H16N2O. The lowest BCUT2D eigenvalue weighted by molar-refractivity contribution is 0.340. The van der Waals surface area contributed by atoms with Crippen molar-refractivity contribution in [3.63, 3.8) is 0 Å². The predicted octanol–water partition coefficient (Wildman–Crippen LogP) is 2.53. The van der Waals surface area contributed by atoms with Crippen LogP contribution in [0.2, 0.25) is 0 Å². The van der Waals surface area contributed by atoms with Crippen molar-refractivity contribution in [2.45, 2.75) is 13.0 Å². The van der Waals surface area contributed by atoms with E-state index in [2.05, 4.69) is 4.98 Å². The van der Waals surface area contributed by atoms with Gasteiger partial charge < -0.3 is 10.5 Å². The minimum Gasteiger partial charge on any atom is -0.494 e. The molecule has 0 amide bonds. The summed E-state index contributed by atoms with van der Waals surface area (Å²) in [7, 11) is 0. The van der Waals surface area contributed by atoms with Crippen LogP contribution in [0.1, 0.15) is 24.2 Å². The van der Waals surface area contributed by atoms with Gasteiger partial charge in [-0.05, 0) is 36.8 Å². The highest BCUT2D eigenvalue weighted by molar-refractivity contribution is 5.34. The van der Waals surface area contributed by atoms with Crippen molar-refractivity contribution in [3.05, 3.63) is 59.9 Å². The van der Waals surface area contributed by atoms with Crippen molar-refractivity contribution >= 4 is 0 Å². The second kappa shape index (κ2) is 5.46. The van der Waals surface area contributed by atoms with Crippen LogP contribution in [0.4, 0.5) is 0 Å². The maximum absolute atomic E-state index is 6.16. The fraction of sp³-hybridized carbons (Fsp3) is 0.214. The fourth-order valence-corrected chi connectivity index (χ4v) is 1.70. The van der Waals surface area contributed by atoms with Crippen LogP contribution in [0.15, 0.2) is 48.7 Å². The van der Waals surface area contributed by atoms with Crippen LogP contribution >= 0.6 is 0 Å². The van der Waals surface area contributed by atoms with E-state index in [0.29, 0.717) is 6.61 Å². The molecule has 1 aromatic carbocycles. The summed E-state index contributed by atoms with van der Waals surface area (Å²) >= 11 is 0. The Kier molecular flexibility index (Phi) is 3.73. The number of pyridine rings is 1. The molecule has 0 aliphatic carbocycles. The van der Waals surface area contributed by atoms with E-state index < -0.39 is 0 Å². The van der Waals surface area contributed by atoms with Crippen molar-refractivity contribution in [1.29, 1.82) is 0 Å². The Morgan fingerprint density at radius 3 is 2.82 bits per heavy atom. The molecule has 2 N–H and O–H groups in total. The minimum absolute atomic E-state index is 0.211. The average Bonchev–Trinajstić information content (AvgIpc) is 2.40. The summed E-state index contributed by atoms with van der Waals surface area (Å²) in [6, 6.07) is 13.4. The van der Waals surface area contributed by atoms with Gasteiger partial charge in [0.05, 0.1) is 18.3 Å². The van der Waals surface area contributed by atoms with Crippen LogP contribution in [-0.2, 0) is 0 Å². The highest BCUT2D eigenvalue weighted by Crippen LogP contribution is 2.21. The van der Waals surface area contributed by atoms with Crippen molar-refractivity contribution < 1.29 is 4.74 Å². The van der Waals surface area contributed by atoms with Crippen LogP contribution in [-0.4, -0.2) is 11.6 Å². The number of nitrogens with two attached hydrogens (primary N) is 1. The quantitative estimate of drug-likeness (QED) is 0.874. The van der Waals surface area contributed by atoms with E-state index in [0.717, 1.165) is 17.0 Å². The first kappa shape index (κ1) is 11.6. The number of nitrogens with zero attached hydrogens (tertiary/aromatic N) is 1. The molecule has 17 heavy (non-hydrogen) atoms. The second-order valence-corrected chi connectivity index (χ2v) is 3.74. The lowest BCUT2D eigenvalue weighted by Crippen LogP contribution is -2.13. The van der Waals surface area contributed by atoms with Gasteiger partial charge in [-0.2, -0.15) is 0 Å². The number of hydrogen-bond acceptors (Lipinski definition) is 3. The Bertz CT molecular complexity index is 471. The van der Waals surface area contributed by atoms with Gasteiger partial charge in [-0.15, -0.1) is 0 Å². The summed E-state index contributed by atoms with van der Waals surface area (Å²) in [5.41, 5.74) is 8.03. The molecule has 0 radical (unpaired) electrons. The molecule has 3 nitrogen and oxygen atoms in total. The van der Waals surface area contributed by atoms with Gasteiger partial charge in [0.25, 0.3) is 0 Å². The lowest BCUT2D eigenvalue weighted by Gasteiger charge is -2.12. The third-order valence-corrected chi connectivity index (χ3v) is 2.53. The van der Waals surface area contributed by atoms with E-state index in [9.17, 15) is 0 Å². The van der Waals surface area contributed by atoms with Gasteiger partial charge >= 0.3 is 0 Å². The molecule has 88 valence electrons. The van der Waals surface area contributed by atoms with E-state index in [4.69, 9.17) is 10.5 Å². The molecule has 1 unspecified atom stereocenters. The van der Waals surface area contributed by atoms with Crippen LogP contribution < -0.4 is 10.5 Å². The molecule has 0 bridgehead atoms. The van der Waals surface area contributed by atoms with Crippen molar-refractivity contribution in [2.24, 2.45) is 5.73 Å². The first-order valence-corrected chi connectivity index (χ1v) is 5.70. The van der Waals surface area contributed by atoms with Gasteiger partial charge in [0.1, 0.15) is 5.75 Å². The monoisotopic (exact) mass is 228 g/mol. The Morgan fingerprint density at radius 1 is 1.24 bits per heavy atom. The van der Waals surface area contributed by atoms with Gasteiger partial charge in [0.2, 0.25) is 0 Å². The molecule has 1 heterocycles. The van der Waals surface area contributed by atoms with Crippen LogP contribution in [0.25, 0.3) is 0 Å². The zero-order valence-corrected chi connectivity index (χ0v) is 9.84. The Hall–Kier alpha value is -1.87. The first-order chi connectivity index (χ1) is 8.31. The van der Waals surface area contributed by atoms with E-state index in [1.54, 1.807) is 6.20 Å². The van der Waals surface area contributed by atoms with Crippen LogP contribution in [0.3, 0.4) is 0 Å². The molecule has 3 heteroatoms. The molecule has 0 aliphatic rings. The summed E-state index contributed by atoms with van der Waals surface area (Å²) in [6.07, 6.45) is 1.75. The smallest absolute Gasteiger partial charge is 0.119 e. The minimum atomic E-state index is -0.211. The molecule has 0 saturated carbocycles. The maximum Gasteiger partial charge on any atom is 0.119 e. The van der Waals surface area contributed by atoms with Gasteiger partial charge in [0.15, 0.2) is 0 Å². The average molecular weight is 228 g/mol. The third-order valence-electron chi connectivity index (χ3n) is 2.53. The Morgan fingerprint density at radius 2 is 2.12 bits per heavy atom. The first-order valence-electron chi connectivity index (χ1n) is 5.70. The van der Waals surface area contributed by atoms with Gasteiger partial charge in [-0.3, -0.25) is 4.98 Å². The van der Waals surface area contributed by atoms with Crippen molar-refractivity contribution in [3.8, 4) is 5.75 Å². The molecule has 0 saturated heterocycles. The molecule has 0 fully saturated rings. The normalized spacial score (nSPS) is 12.1. The van der Waals surface area contributed by atoms with E-state index >= 15 is 0 Å². The standard InChI is InChI=1S/C14H16N2O/c1-2-17-12-7-5-6-11(10-12)14(15)13-8-3-4-9-16-13/h3-10,14H,2,15H2,1H3. The van der Waals surface area contributed by atoms with Gasteiger partial charge in [0, 0.05) is 6.20 Å². The zero-order valence-electron chi connectivity index (χ0n) is 9.84. The SMILES string of the molecule is CCOc1cccc(C(N)c2ccccn2)c1. The maximum atomic E-state index is 6.16. The predicted molar refractivity (Wildman–Crippen MR) is 67.9 cm³/mol. The van der Waals surface area contributed by atoms with E-state index in [1.807, 2.05) is 49.4 Å². The Balaban J connectivity index is 2.25. The molecule has 0 spiro atoms. The number of ether oxygens (including phenoxy) is 1. The third kappa shape index (κ3) is 2.82. The summed E-state index contributed by atoms with van der Waals surface area (Å²) in [4.78, 5) is 4.26. The molecule has 1 atom stereocenters. The number of benzene rings is 1. The number of hydrogen-bond donors (Lipinski definition) is 1. The zero-order chi connectivity index (χ0) is 12.1. The summed E-state index contributed by atoms with van der Waals surface area (Å²) in [6.45, 7) is 2.62. The summed E-state index contributed by atoms with van der Waals surface area (Å²) in [5, 5.41) is 0. The van der Waals surface area contributed by atoms with E-state index in [-0.39, 0.29) is 6.04 Å². The van der Waals surface area contributed by atoms with Crippen molar-refractivity contribution in [1.82, 2.24) is 4.98 Å². The number of aromatic nitrogens is 1. The van der Waals surface area contributed by atoms with Crippen molar-refractivity contribution in [2.75, 3.05) is 6.61 Å². The van der Waals surface area contributed by atoms with Gasteiger partial charge in [-0.25, -0.2) is 0 Å². The second-order valence-electron chi connectivity index (χ2n) is 3.74. The molecular weight excluding hydrogens is 212 g/mol. The molecule has 0 aliphatic heterocycles. The summed E-state index contributed by atoms with van der Waals surface area (Å²) < 4.78 is 5.46. The number of rotatable bonds is 4. The molecule has 2 aromatic rings. The lowest BCUT2D eigenvalue weighted by atomic mass is 10.0.